The van der Waals surface area contributed by atoms with Gasteiger partial charge in [0, 0.05) is 78.2 Å². The summed E-state index contributed by atoms with van der Waals surface area (Å²) in [4.78, 5) is 41.9. The van der Waals surface area contributed by atoms with E-state index in [-0.39, 0.29) is 11.8 Å². The van der Waals surface area contributed by atoms with Gasteiger partial charge in [-0.25, -0.2) is 39.9 Å². The fraction of sp³-hybridized carbons (Fsp3) is 0.0250. The van der Waals surface area contributed by atoms with E-state index in [2.05, 4.69) is 218 Å². The minimum Gasteiger partial charge on any atom is -0.228 e. The van der Waals surface area contributed by atoms with Crippen molar-refractivity contribution >= 4 is 21.8 Å². The van der Waals surface area contributed by atoms with Crippen molar-refractivity contribution in [2.24, 2.45) is 0 Å². The molecule has 0 saturated heterocycles. The highest BCUT2D eigenvalue weighted by atomic mass is 14.9. The first kappa shape index (κ1) is 50.7. The number of aromatic nitrogens is 8. The second kappa shape index (κ2) is 21.1. The molecule has 0 saturated carbocycles. The molecule has 88 heavy (non-hydrogen) atoms. The molecule has 2 bridgehead atoms. The molecule has 4 aromatic heterocycles. The van der Waals surface area contributed by atoms with E-state index in [1.54, 1.807) is 0 Å². The highest BCUT2D eigenvalue weighted by molar-refractivity contribution is 5.95. The number of nitrogens with zero attached hydrogens (tertiary/aromatic N) is 8. The lowest BCUT2D eigenvalue weighted by atomic mass is 9.60. The van der Waals surface area contributed by atoms with E-state index in [4.69, 9.17) is 39.9 Å². The molecule has 2 unspecified atom stereocenters. The van der Waals surface area contributed by atoms with Gasteiger partial charge in [0.2, 0.25) is 0 Å². The zero-order chi connectivity index (χ0) is 58.1. The molecular formula is C80H50N8. The lowest BCUT2D eigenvalue weighted by Gasteiger charge is -2.42. The molecule has 0 spiro atoms. The fourth-order valence-electron chi connectivity index (χ4n) is 13.1. The maximum absolute atomic E-state index is 5.35. The van der Waals surface area contributed by atoms with Crippen molar-refractivity contribution in [2.45, 2.75) is 11.8 Å². The van der Waals surface area contributed by atoms with Gasteiger partial charge in [0.1, 0.15) is 0 Å². The Bertz CT molecular complexity index is 4900. The van der Waals surface area contributed by atoms with Crippen molar-refractivity contribution < 1.29 is 0 Å². The first-order valence-electron chi connectivity index (χ1n) is 29.7. The largest absolute Gasteiger partial charge is 0.228 e. The van der Waals surface area contributed by atoms with Gasteiger partial charge in [-0.15, -0.1) is 0 Å². The minimum atomic E-state index is -0.00201. The topological polar surface area (TPSA) is 103 Å². The fourth-order valence-corrected chi connectivity index (χ4v) is 13.1. The quantitative estimate of drug-likeness (QED) is 0.133. The maximum Gasteiger partial charge on any atom is 0.160 e. The third-order valence-electron chi connectivity index (χ3n) is 17.3. The molecule has 0 fully saturated rings. The van der Waals surface area contributed by atoms with Crippen LogP contribution in [0.3, 0.4) is 0 Å². The van der Waals surface area contributed by atoms with Gasteiger partial charge in [0.05, 0.1) is 45.2 Å². The molecule has 0 radical (unpaired) electrons. The predicted molar refractivity (Wildman–Crippen MR) is 353 cm³/mol. The van der Waals surface area contributed by atoms with Crippen molar-refractivity contribution in [3.8, 4) is 113 Å². The van der Waals surface area contributed by atoms with Gasteiger partial charge < -0.3 is 0 Å². The molecule has 0 amide bonds. The Hall–Kier alpha value is -11.7. The highest BCUT2D eigenvalue weighted by Gasteiger charge is 2.41. The van der Waals surface area contributed by atoms with E-state index in [0.29, 0.717) is 23.3 Å². The first-order chi connectivity index (χ1) is 43.6. The lowest BCUT2D eigenvalue weighted by Crippen LogP contribution is -2.27. The van der Waals surface area contributed by atoms with Gasteiger partial charge in [-0.2, -0.15) is 0 Å². The Morgan fingerprint density at radius 3 is 0.898 bits per heavy atom. The molecule has 410 valence electrons. The Morgan fingerprint density at radius 2 is 0.489 bits per heavy atom. The Labute approximate surface area is 508 Å². The number of para-hydroxylation sites is 2. The Morgan fingerprint density at radius 1 is 0.182 bits per heavy atom. The number of fused-ring (bicyclic) bond motifs is 2. The summed E-state index contributed by atoms with van der Waals surface area (Å²) in [5.41, 5.74) is 24.4. The van der Waals surface area contributed by atoms with Crippen LogP contribution in [0.1, 0.15) is 45.2 Å². The molecule has 0 N–H and O–H groups in total. The van der Waals surface area contributed by atoms with Gasteiger partial charge in [-0.1, -0.05) is 243 Å². The maximum atomic E-state index is 5.35. The van der Waals surface area contributed by atoms with E-state index < -0.39 is 0 Å². The van der Waals surface area contributed by atoms with Gasteiger partial charge >= 0.3 is 0 Å². The van der Waals surface area contributed by atoms with Crippen LogP contribution in [0.15, 0.2) is 291 Å². The van der Waals surface area contributed by atoms with Gasteiger partial charge in [0.25, 0.3) is 0 Å². The number of rotatable bonds is 10. The Balaban J connectivity index is 0.754. The van der Waals surface area contributed by atoms with Crippen LogP contribution in [0.4, 0.5) is 0 Å². The van der Waals surface area contributed by atoms with Crippen LogP contribution >= 0.6 is 0 Å². The van der Waals surface area contributed by atoms with Crippen LogP contribution < -0.4 is 0 Å². The summed E-state index contributed by atoms with van der Waals surface area (Å²) in [5, 5.41) is 2.02. The van der Waals surface area contributed by atoms with Crippen LogP contribution in [0, 0.1) is 0 Å². The summed E-state index contributed by atoms with van der Waals surface area (Å²) in [5.74, 6) is 2.61. The van der Waals surface area contributed by atoms with E-state index in [9.17, 15) is 0 Å². The molecule has 8 heteroatoms. The summed E-state index contributed by atoms with van der Waals surface area (Å²) in [6, 6.07) is 102. The standard InChI is InChI=1S/C80H50N8/c1-5-21-49(22-6-1)75-63-35-15-17-37-67(63)81-79(87-75)57-31-19-29-53(43-57)69-47-71(85-77(83-69)51-25-9-3-10-26-51)55-39-41-61-65(45-55)73-59-33-13-14-34-60(59)74(61)66-46-56(40-42-62(66)73)72-48-70(84-78(86-72)52-27-11-4-12-28-52)54-30-20-32-58(44-54)80-82-68-38-18-16-36-64(68)76(88-80)50-23-7-2-8-24-50/h1-48,73-74H. The van der Waals surface area contributed by atoms with Crippen molar-refractivity contribution in [3.63, 3.8) is 0 Å². The zero-order valence-electron chi connectivity index (χ0n) is 47.4. The molecule has 15 aromatic rings. The molecule has 8 nitrogen and oxygen atoms in total. The molecule has 3 aliphatic rings. The monoisotopic (exact) mass is 1120 g/mol. The number of hydrogen-bond donors (Lipinski definition) is 0. The molecule has 3 aliphatic carbocycles. The van der Waals surface area contributed by atoms with Crippen LogP contribution in [-0.2, 0) is 0 Å². The minimum absolute atomic E-state index is 0.00201. The number of benzene rings is 11. The van der Waals surface area contributed by atoms with Gasteiger partial charge in [0.15, 0.2) is 23.3 Å². The second-order valence-electron chi connectivity index (χ2n) is 22.6. The zero-order valence-corrected chi connectivity index (χ0v) is 47.4. The predicted octanol–water partition coefficient (Wildman–Crippen LogP) is 18.8. The highest BCUT2D eigenvalue weighted by Crippen LogP contribution is 2.57. The SMILES string of the molecule is c1ccc(-c2nc(-c3cccc(-c4nc(-c5ccccc5)c5ccccc5n4)c3)cc(-c3ccc4c(c3)C3c5ccccc5C4c4cc(-c5cc(-c6cccc(-c7nc(-c8ccccc8)c8ccccc8n7)c6)nc(-c6ccccc6)n5)ccc43)n2)cc1. The van der Waals surface area contributed by atoms with Crippen molar-refractivity contribution in [2.75, 3.05) is 0 Å². The van der Waals surface area contributed by atoms with Gasteiger partial charge in [-0.3, -0.25) is 0 Å². The summed E-state index contributed by atoms with van der Waals surface area (Å²) in [7, 11) is 0. The molecule has 11 aromatic carbocycles. The average Bonchev–Trinajstić information content (AvgIpc) is 0.761. The molecule has 18 rings (SSSR count). The van der Waals surface area contributed by atoms with Crippen molar-refractivity contribution in [3.05, 3.63) is 325 Å². The van der Waals surface area contributed by atoms with Crippen molar-refractivity contribution in [1.82, 2.24) is 39.9 Å². The molecule has 4 heterocycles. The Kier molecular flexibility index (Phi) is 12.2. The number of hydrogen-bond acceptors (Lipinski definition) is 8. The third-order valence-corrected chi connectivity index (χ3v) is 17.3. The smallest absolute Gasteiger partial charge is 0.160 e. The summed E-state index contributed by atoms with van der Waals surface area (Å²) in [6.07, 6.45) is 0. The van der Waals surface area contributed by atoms with Crippen LogP contribution in [0.2, 0.25) is 0 Å². The van der Waals surface area contributed by atoms with Crippen LogP contribution in [-0.4, -0.2) is 39.9 Å². The second-order valence-corrected chi connectivity index (χ2v) is 22.6. The molecule has 2 atom stereocenters. The van der Waals surface area contributed by atoms with Gasteiger partial charge in [-0.05, 0) is 81.9 Å². The van der Waals surface area contributed by atoms with Crippen molar-refractivity contribution in [1.29, 1.82) is 0 Å². The third kappa shape index (κ3) is 8.93. The molecular weight excluding hydrogens is 1070 g/mol. The summed E-state index contributed by atoms with van der Waals surface area (Å²) < 4.78 is 0. The van der Waals surface area contributed by atoms with E-state index in [0.717, 1.165) is 112 Å². The lowest BCUT2D eigenvalue weighted by molar-refractivity contribution is 0.755. The summed E-state index contributed by atoms with van der Waals surface area (Å²) >= 11 is 0. The van der Waals surface area contributed by atoms with E-state index in [1.807, 2.05) is 72.8 Å². The normalized spacial score (nSPS) is 13.7. The van der Waals surface area contributed by atoms with Crippen LogP contribution in [0.5, 0.6) is 0 Å². The van der Waals surface area contributed by atoms with E-state index >= 15 is 0 Å². The first-order valence-corrected chi connectivity index (χ1v) is 29.7. The summed E-state index contributed by atoms with van der Waals surface area (Å²) in [6.45, 7) is 0. The van der Waals surface area contributed by atoms with Crippen LogP contribution in [0.25, 0.3) is 135 Å². The van der Waals surface area contributed by atoms with E-state index in [1.165, 1.54) is 33.4 Å². The molecule has 0 aliphatic heterocycles. The average molecular weight is 1120 g/mol.